The third-order valence-electron chi connectivity index (χ3n) is 2.74. The summed E-state index contributed by atoms with van der Waals surface area (Å²) in [4.78, 5) is 0. The van der Waals surface area contributed by atoms with Crippen molar-refractivity contribution in [3.8, 4) is 0 Å². The first kappa shape index (κ1) is 13.2. The zero-order valence-electron chi connectivity index (χ0n) is 10.0. The number of aryl methyl sites for hydroxylation is 2. The summed E-state index contributed by atoms with van der Waals surface area (Å²) in [5, 5.41) is -0.349. The van der Waals surface area contributed by atoms with Gasteiger partial charge in [0.2, 0.25) is 10.0 Å². The summed E-state index contributed by atoms with van der Waals surface area (Å²) in [6.45, 7) is 3.78. The van der Waals surface area contributed by atoms with E-state index in [0.29, 0.717) is 6.42 Å². The fourth-order valence-electron chi connectivity index (χ4n) is 1.59. The highest BCUT2D eigenvalue weighted by Gasteiger charge is 2.17. The molecular formula is C12H19NO2S. The maximum Gasteiger partial charge on any atom is 0.213 e. The first-order valence-electron chi connectivity index (χ1n) is 5.43. The molecular weight excluding hydrogens is 222 g/mol. The van der Waals surface area contributed by atoms with Crippen LogP contribution in [0.2, 0.25) is 0 Å². The molecule has 0 fully saturated rings. The minimum Gasteiger partial charge on any atom is -0.218 e. The van der Waals surface area contributed by atoms with Crippen LogP contribution < -0.4 is 4.72 Å². The Hall–Kier alpha value is -0.870. The molecule has 1 rings (SSSR count). The van der Waals surface area contributed by atoms with Gasteiger partial charge in [-0.05, 0) is 39.3 Å². The molecule has 0 aliphatic carbocycles. The smallest absolute Gasteiger partial charge is 0.213 e. The lowest BCUT2D eigenvalue weighted by Gasteiger charge is -2.11. The summed E-state index contributed by atoms with van der Waals surface area (Å²) in [6, 6.07) is 8.17. The fraction of sp³-hybridized carbons (Fsp3) is 0.500. The van der Waals surface area contributed by atoms with Crippen molar-refractivity contribution in [1.82, 2.24) is 4.72 Å². The van der Waals surface area contributed by atoms with E-state index in [4.69, 9.17) is 0 Å². The van der Waals surface area contributed by atoms with Crippen molar-refractivity contribution in [2.24, 2.45) is 0 Å². The molecule has 0 aromatic heterocycles. The van der Waals surface area contributed by atoms with Gasteiger partial charge in [0.15, 0.2) is 0 Å². The second kappa shape index (κ2) is 5.46. The van der Waals surface area contributed by atoms with Crippen molar-refractivity contribution in [3.63, 3.8) is 0 Å². The zero-order valence-corrected chi connectivity index (χ0v) is 10.8. The molecule has 1 aromatic carbocycles. The van der Waals surface area contributed by atoms with Crippen molar-refractivity contribution in [3.05, 3.63) is 35.4 Å². The van der Waals surface area contributed by atoms with Gasteiger partial charge < -0.3 is 0 Å². The van der Waals surface area contributed by atoms with Crippen LogP contribution >= 0.6 is 0 Å². The van der Waals surface area contributed by atoms with Crippen LogP contribution in [0.3, 0.4) is 0 Å². The van der Waals surface area contributed by atoms with E-state index in [0.717, 1.165) is 6.42 Å². The van der Waals surface area contributed by atoms with Crippen LogP contribution in [0.1, 0.15) is 24.5 Å². The molecule has 0 heterocycles. The highest BCUT2D eigenvalue weighted by Crippen LogP contribution is 2.11. The molecule has 0 saturated heterocycles. The lowest BCUT2D eigenvalue weighted by atomic mass is 10.1. The van der Waals surface area contributed by atoms with E-state index >= 15 is 0 Å². The Morgan fingerprint density at radius 1 is 1.38 bits per heavy atom. The number of hydrogen-bond acceptors (Lipinski definition) is 2. The van der Waals surface area contributed by atoms with Crippen molar-refractivity contribution in [2.75, 3.05) is 7.05 Å². The van der Waals surface area contributed by atoms with Crippen LogP contribution in [0.5, 0.6) is 0 Å². The van der Waals surface area contributed by atoms with Crippen LogP contribution in [0.25, 0.3) is 0 Å². The molecule has 1 unspecified atom stereocenters. The highest BCUT2D eigenvalue weighted by molar-refractivity contribution is 7.90. The maximum atomic E-state index is 11.5. The van der Waals surface area contributed by atoms with Gasteiger partial charge in [-0.1, -0.05) is 29.8 Å². The van der Waals surface area contributed by atoms with Gasteiger partial charge in [0.25, 0.3) is 0 Å². The topological polar surface area (TPSA) is 46.2 Å². The first-order valence-corrected chi connectivity index (χ1v) is 6.98. The Labute approximate surface area is 97.9 Å². The van der Waals surface area contributed by atoms with E-state index < -0.39 is 10.0 Å². The molecule has 1 N–H and O–H groups in total. The van der Waals surface area contributed by atoms with Gasteiger partial charge in [0.1, 0.15) is 0 Å². The molecule has 90 valence electrons. The second-order valence-electron chi connectivity index (χ2n) is 4.09. The average molecular weight is 241 g/mol. The van der Waals surface area contributed by atoms with E-state index in [2.05, 4.69) is 10.8 Å². The van der Waals surface area contributed by atoms with E-state index in [9.17, 15) is 8.42 Å². The molecule has 0 radical (unpaired) electrons. The van der Waals surface area contributed by atoms with Gasteiger partial charge in [0, 0.05) is 0 Å². The predicted molar refractivity (Wildman–Crippen MR) is 66.9 cm³/mol. The Bertz CT molecular complexity index is 440. The van der Waals surface area contributed by atoms with E-state index in [1.165, 1.54) is 18.2 Å². The Balaban J connectivity index is 2.59. The Morgan fingerprint density at radius 3 is 2.62 bits per heavy atom. The minimum absolute atomic E-state index is 0.349. The first-order chi connectivity index (χ1) is 7.45. The standard InChI is InChI=1S/C12H19NO2S/c1-10-5-4-6-12(9-10)8-7-11(2)16(14,15)13-3/h4-6,9,11,13H,7-8H2,1-3H3. The molecule has 4 heteroatoms. The number of nitrogens with one attached hydrogen (secondary N) is 1. The molecule has 1 aromatic rings. The zero-order chi connectivity index (χ0) is 12.2. The molecule has 0 spiro atoms. The summed E-state index contributed by atoms with van der Waals surface area (Å²) >= 11 is 0. The summed E-state index contributed by atoms with van der Waals surface area (Å²) in [5.74, 6) is 0. The third kappa shape index (κ3) is 3.61. The summed E-state index contributed by atoms with van der Waals surface area (Å²) in [6.07, 6.45) is 1.44. The fourth-order valence-corrected chi connectivity index (χ4v) is 2.42. The van der Waals surface area contributed by atoms with Gasteiger partial charge >= 0.3 is 0 Å². The number of hydrogen-bond donors (Lipinski definition) is 1. The van der Waals surface area contributed by atoms with Crippen molar-refractivity contribution in [2.45, 2.75) is 31.9 Å². The van der Waals surface area contributed by atoms with E-state index in [-0.39, 0.29) is 5.25 Å². The lowest BCUT2D eigenvalue weighted by Crippen LogP contribution is -2.29. The molecule has 16 heavy (non-hydrogen) atoms. The minimum atomic E-state index is -3.13. The molecule has 0 amide bonds. The van der Waals surface area contributed by atoms with Gasteiger partial charge in [0.05, 0.1) is 5.25 Å². The van der Waals surface area contributed by atoms with Gasteiger partial charge in [-0.15, -0.1) is 0 Å². The van der Waals surface area contributed by atoms with Crippen molar-refractivity contribution in [1.29, 1.82) is 0 Å². The Kier molecular flexibility index (Phi) is 4.50. The molecule has 3 nitrogen and oxygen atoms in total. The van der Waals surface area contributed by atoms with Crippen LogP contribution in [-0.4, -0.2) is 20.7 Å². The second-order valence-corrected chi connectivity index (χ2v) is 6.39. The maximum absolute atomic E-state index is 11.5. The molecule has 0 aliphatic rings. The normalized spacial score (nSPS) is 13.7. The van der Waals surface area contributed by atoms with Crippen molar-refractivity contribution < 1.29 is 8.42 Å². The largest absolute Gasteiger partial charge is 0.218 e. The summed E-state index contributed by atoms with van der Waals surface area (Å²) in [7, 11) is -1.67. The van der Waals surface area contributed by atoms with Gasteiger partial charge in [-0.25, -0.2) is 13.1 Å². The molecule has 0 bridgehead atoms. The highest BCUT2D eigenvalue weighted by atomic mass is 32.2. The van der Waals surface area contributed by atoms with Crippen LogP contribution in [-0.2, 0) is 16.4 Å². The monoisotopic (exact) mass is 241 g/mol. The molecule has 0 aliphatic heterocycles. The summed E-state index contributed by atoms with van der Waals surface area (Å²) < 4.78 is 25.3. The Morgan fingerprint density at radius 2 is 2.06 bits per heavy atom. The quantitative estimate of drug-likeness (QED) is 0.855. The number of rotatable bonds is 5. The van der Waals surface area contributed by atoms with E-state index in [1.807, 2.05) is 25.1 Å². The van der Waals surface area contributed by atoms with Crippen LogP contribution in [0, 0.1) is 6.92 Å². The third-order valence-corrected chi connectivity index (χ3v) is 4.60. The van der Waals surface area contributed by atoms with E-state index in [1.54, 1.807) is 6.92 Å². The summed E-state index contributed by atoms with van der Waals surface area (Å²) in [5.41, 5.74) is 2.40. The van der Waals surface area contributed by atoms with Gasteiger partial charge in [-0.2, -0.15) is 0 Å². The average Bonchev–Trinajstić information content (AvgIpc) is 2.26. The SMILES string of the molecule is CNS(=O)(=O)C(C)CCc1cccc(C)c1. The van der Waals surface area contributed by atoms with Crippen LogP contribution in [0.15, 0.2) is 24.3 Å². The molecule has 0 saturated carbocycles. The number of sulfonamides is 1. The predicted octanol–water partition coefficient (Wildman–Crippen LogP) is 1.87. The van der Waals surface area contributed by atoms with Gasteiger partial charge in [-0.3, -0.25) is 0 Å². The van der Waals surface area contributed by atoms with Crippen LogP contribution in [0.4, 0.5) is 0 Å². The molecule has 1 atom stereocenters. The number of benzene rings is 1. The van der Waals surface area contributed by atoms with Crippen molar-refractivity contribution >= 4 is 10.0 Å². The lowest BCUT2D eigenvalue weighted by molar-refractivity contribution is 0.569.